The van der Waals surface area contributed by atoms with Crippen molar-refractivity contribution in [3.05, 3.63) is 272 Å². The zero-order valence-corrected chi connectivity index (χ0v) is 42.3. The van der Waals surface area contributed by atoms with Crippen LogP contribution in [0.15, 0.2) is 261 Å². The van der Waals surface area contributed by atoms with Gasteiger partial charge in [0.15, 0.2) is 0 Å². The summed E-state index contributed by atoms with van der Waals surface area (Å²) in [7, 11) is 0. The van der Waals surface area contributed by atoms with E-state index in [1.807, 2.05) is 0 Å². The summed E-state index contributed by atoms with van der Waals surface area (Å²) in [6.07, 6.45) is 0. The van der Waals surface area contributed by atoms with Crippen molar-refractivity contribution in [2.24, 2.45) is 0 Å². The molecule has 2 nitrogen and oxygen atoms in total. The van der Waals surface area contributed by atoms with Crippen molar-refractivity contribution in [3.63, 3.8) is 0 Å². The molecule has 16 rings (SSSR count). The fraction of sp³-hybridized carbons (Fsp3) is 0.0411. The molecule has 0 atom stereocenters. The van der Waals surface area contributed by atoms with Crippen LogP contribution in [0.3, 0.4) is 0 Å². The van der Waals surface area contributed by atoms with Gasteiger partial charge in [-0.05, 0) is 171 Å². The molecule has 13 aromatic carbocycles. The fourth-order valence-corrected chi connectivity index (χ4v) is 13.5. The molecule has 0 fully saturated rings. The first-order valence-electron chi connectivity index (χ1n) is 26.7. The van der Waals surface area contributed by atoms with Gasteiger partial charge < -0.3 is 9.80 Å². The van der Waals surface area contributed by atoms with Crippen molar-refractivity contribution in [3.8, 4) is 44.5 Å². The van der Waals surface area contributed by atoms with Crippen LogP contribution < -0.4 is 26.2 Å². The Morgan fingerprint density at radius 2 is 0.724 bits per heavy atom. The molecule has 0 N–H and O–H groups in total. The molecule has 0 spiro atoms. The zero-order valence-electron chi connectivity index (χ0n) is 42.3. The molecular formula is C73H49BN2. The molecule has 3 aliphatic rings. The summed E-state index contributed by atoms with van der Waals surface area (Å²) in [5.74, 6) is 0. The molecule has 2 aliphatic heterocycles. The Labute approximate surface area is 443 Å². The topological polar surface area (TPSA) is 6.48 Å². The summed E-state index contributed by atoms with van der Waals surface area (Å²) in [6.45, 7) is 4.67. The first-order chi connectivity index (χ1) is 37.4. The van der Waals surface area contributed by atoms with Crippen molar-refractivity contribution in [1.82, 2.24) is 0 Å². The number of hydrogen-bond donors (Lipinski definition) is 0. The van der Waals surface area contributed by atoms with Crippen LogP contribution in [0.25, 0.3) is 87.6 Å². The first-order valence-corrected chi connectivity index (χ1v) is 26.7. The largest absolute Gasteiger partial charge is 0.311 e. The summed E-state index contributed by atoms with van der Waals surface area (Å²) >= 11 is 0. The Bertz CT molecular complexity index is 4310. The highest BCUT2D eigenvalue weighted by Gasteiger charge is 2.45. The summed E-state index contributed by atoms with van der Waals surface area (Å²) in [4.78, 5) is 5.23. The highest BCUT2D eigenvalue weighted by Crippen LogP contribution is 2.53. The smallest absolute Gasteiger partial charge is 0.252 e. The van der Waals surface area contributed by atoms with Gasteiger partial charge in [-0.1, -0.05) is 208 Å². The standard InChI is InChI=1S/C73H49BN2/c1-73(2)64-24-14-13-23-60(64)63-43-54(29-36-65(63)73)57-44-68-70-69(45-57)76(59-34-27-49(28-35-59)47-17-7-4-8-18-47)72-62-42-53-22-12-10-20-51(53)40-56(62)31-38-67(72)74(70)66-37-30-55-39-50-19-9-11-21-52(50)41-61(55)71(66)75(68)58-32-25-48(26-33-58)46-15-5-3-6-16-46/h3-45H,1-2H3. The van der Waals surface area contributed by atoms with Crippen molar-refractivity contribution < 1.29 is 0 Å². The average Bonchev–Trinajstić information content (AvgIpc) is 3.88. The highest BCUT2D eigenvalue weighted by atomic mass is 15.2. The van der Waals surface area contributed by atoms with E-state index in [9.17, 15) is 0 Å². The lowest BCUT2D eigenvalue weighted by molar-refractivity contribution is 0.660. The highest BCUT2D eigenvalue weighted by molar-refractivity contribution is 7.00. The number of nitrogens with zero attached hydrogens (tertiary/aromatic N) is 2. The molecule has 1 aliphatic carbocycles. The lowest BCUT2D eigenvalue weighted by Crippen LogP contribution is -2.61. The molecule has 76 heavy (non-hydrogen) atoms. The van der Waals surface area contributed by atoms with E-state index in [1.165, 1.54) is 138 Å². The van der Waals surface area contributed by atoms with Gasteiger partial charge in [-0.2, -0.15) is 0 Å². The zero-order chi connectivity index (χ0) is 50.2. The predicted molar refractivity (Wildman–Crippen MR) is 324 cm³/mol. The quantitative estimate of drug-likeness (QED) is 0.125. The van der Waals surface area contributed by atoms with Gasteiger partial charge in [0, 0.05) is 50.3 Å². The average molecular weight is 965 g/mol. The van der Waals surface area contributed by atoms with Crippen LogP contribution in [-0.2, 0) is 5.41 Å². The summed E-state index contributed by atoms with van der Waals surface area (Å²) in [6, 6.07) is 98.4. The maximum absolute atomic E-state index is 2.61. The van der Waals surface area contributed by atoms with Gasteiger partial charge in [0.1, 0.15) is 0 Å². The Morgan fingerprint density at radius 1 is 0.303 bits per heavy atom. The van der Waals surface area contributed by atoms with Crippen LogP contribution >= 0.6 is 0 Å². The molecule has 0 aromatic heterocycles. The van der Waals surface area contributed by atoms with Crippen molar-refractivity contribution >= 4 is 100 Å². The van der Waals surface area contributed by atoms with Gasteiger partial charge in [-0.15, -0.1) is 0 Å². The fourth-order valence-electron chi connectivity index (χ4n) is 13.5. The molecule has 0 bridgehead atoms. The number of benzene rings is 13. The minimum atomic E-state index is -0.102. The number of anilines is 6. The summed E-state index contributed by atoms with van der Waals surface area (Å²) < 4.78 is 0. The normalized spacial score (nSPS) is 13.7. The van der Waals surface area contributed by atoms with Crippen LogP contribution in [0.5, 0.6) is 0 Å². The van der Waals surface area contributed by atoms with E-state index in [0.29, 0.717) is 0 Å². The van der Waals surface area contributed by atoms with Crippen LogP contribution in [-0.4, -0.2) is 6.71 Å². The lowest BCUT2D eigenvalue weighted by Gasteiger charge is -2.45. The molecule has 0 radical (unpaired) electrons. The maximum atomic E-state index is 2.61. The van der Waals surface area contributed by atoms with Gasteiger partial charge in [0.25, 0.3) is 6.71 Å². The van der Waals surface area contributed by atoms with Crippen molar-refractivity contribution in [2.45, 2.75) is 19.3 Å². The third-order valence-electron chi connectivity index (χ3n) is 17.1. The van der Waals surface area contributed by atoms with Gasteiger partial charge in [0.05, 0.1) is 0 Å². The van der Waals surface area contributed by atoms with Gasteiger partial charge in [-0.25, -0.2) is 0 Å². The minimum absolute atomic E-state index is 0.0804. The monoisotopic (exact) mass is 964 g/mol. The second-order valence-electron chi connectivity index (χ2n) is 21.6. The minimum Gasteiger partial charge on any atom is -0.311 e. The molecule has 0 amide bonds. The first kappa shape index (κ1) is 43.0. The number of rotatable bonds is 5. The Balaban J connectivity index is 1.03. The summed E-state index contributed by atoms with van der Waals surface area (Å²) in [5.41, 5.74) is 23.4. The van der Waals surface area contributed by atoms with Crippen LogP contribution in [0.1, 0.15) is 25.0 Å². The number of hydrogen-bond acceptors (Lipinski definition) is 2. The van der Waals surface area contributed by atoms with E-state index in [2.05, 4.69) is 285 Å². The van der Waals surface area contributed by atoms with E-state index in [0.717, 1.165) is 11.4 Å². The second kappa shape index (κ2) is 16.3. The second-order valence-corrected chi connectivity index (χ2v) is 21.6. The van der Waals surface area contributed by atoms with E-state index in [4.69, 9.17) is 0 Å². The van der Waals surface area contributed by atoms with Gasteiger partial charge in [-0.3, -0.25) is 0 Å². The maximum Gasteiger partial charge on any atom is 0.252 e. The van der Waals surface area contributed by atoms with Crippen molar-refractivity contribution in [2.75, 3.05) is 9.80 Å². The number of fused-ring (bicyclic) bond motifs is 13. The molecule has 13 aromatic rings. The van der Waals surface area contributed by atoms with E-state index in [-0.39, 0.29) is 12.1 Å². The van der Waals surface area contributed by atoms with Crippen molar-refractivity contribution in [1.29, 1.82) is 0 Å². The van der Waals surface area contributed by atoms with E-state index in [1.54, 1.807) is 0 Å². The third kappa shape index (κ3) is 6.36. The SMILES string of the molecule is CC1(C)c2ccccc2-c2cc(-c3cc4c5c(c3)N(c3ccc(-c6ccccc6)cc3)c3c(ccc6cc7ccccc7cc36)B5c3ccc5cc6ccccc6cc5c3N4c3ccc(-c4ccccc4)cc3)ccc21. The predicted octanol–water partition coefficient (Wildman–Crippen LogP) is 17.7. The van der Waals surface area contributed by atoms with E-state index < -0.39 is 0 Å². The van der Waals surface area contributed by atoms with Crippen LogP contribution in [0.4, 0.5) is 34.1 Å². The van der Waals surface area contributed by atoms with Gasteiger partial charge >= 0.3 is 0 Å². The van der Waals surface area contributed by atoms with Crippen LogP contribution in [0, 0.1) is 0 Å². The van der Waals surface area contributed by atoms with Gasteiger partial charge in [0.2, 0.25) is 0 Å². The molecule has 0 unspecified atom stereocenters. The Kier molecular flexibility index (Phi) is 9.21. The Hall–Kier alpha value is -9.44. The molecule has 0 saturated heterocycles. The molecule has 0 saturated carbocycles. The summed E-state index contributed by atoms with van der Waals surface area (Å²) in [5, 5.41) is 9.88. The Morgan fingerprint density at radius 3 is 1.24 bits per heavy atom. The van der Waals surface area contributed by atoms with Crippen LogP contribution in [0.2, 0.25) is 0 Å². The molecule has 3 heteroatoms. The third-order valence-corrected chi connectivity index (χ3v) is 17.1. The lowest BCUT2D eigenvalue weighted by atomic mass is 9.33. The molecular weight excluding hydrogens is 916 g/mol. The molecule has 2 heterocycles. The molecule has 354 valence electrons. The van der Waals surface area contributed by atoms with E-state index >= 15 is 0 Å².